The van der Waals surface area contributed by atoms with Crippen LogP contribution in [-0.4, -0.2) is 20.9 Å². The fourth-order valence-electron chi connectivity index (χ4n) is 3.05. The molecule has 5 nitrogen and oxygen atoms in total. The highest BCUT2D eigenvalue weighted by molar-refractivity contribution is 5.75. The lowest BCUT2D eigenvalue weighted by Crippen LogP contribution is -2.08. The van der Waals surface area contributed by atoms with E-state index >= 15 is 0 Å². The van der Waals surface area contributed by atoms with Gasteiger partial charge in [0.1, 0.15) is 0 Å². The molecule has 2 atom stereocenters. The average Bonchev–Trinajstić information content (AvgIpc) is 3.23. The second kappa shape index (κ2) is 6.07. The lowest BCUT2D eigenvalue weighted by atomic mass is 10.0. The number of anilines is 1. The zero-order chi connectivity index (χ0) is 16.6. The van der Waals surface area contributed by atoms with Gasteiger partial charge in [0.15, 0.2) is 0 Å². The highest BCUT2D eigenvalue weighted by Crippen LogP contribution is 2.47. The maximum atomic E-state index is 10.9. The molecular formula is C18H23N3O2. The van der Waals surface area contributed by atoms with E-state index in [4.69, 9.17) is 5.11 Å². The number of aryl methyl sites for hydroxylation is 1. The van der Waals surface area contributed by atoms with E-state index in [1.807, 2.05) is 42.2 Å². The normalized spacial score (nSPS) is 19.8. The molecule has 3 rings (SSSR count). The summed E-state index contributed by atoms with van der Waals surface area (Å²) in [6.45, 7) is 5.07. The minimum Gasteiger partial charge on any atom is -0.481 e. The topological polar surface area (TPSA) is 67.2 Å². The molecule has 23 heavy (non-hydrogen) atoms. The third-order valence-corrected chi connectivity index (χ3v) is 4.62. The maximum Gasteiger partial charge on any atom is 0.307 e. The van der Waals surface area contributed by atoms with E-state index in [0.29, 0.717) is 5.92 Å². The SMILES string of the molecule is CC(C)c1cnn(C)c1CNc1ccc([C@@H]2C[C@H]2C(=O)O)cc1. The molecule has 5 heteroatoms. The Morgan fingerprint density at radius 3 is 2.65 bits per heavy atom. The molecule has 2 aromatic rings. The van der Waals surface area contributed by atoms with Gasteiger partial charge in [-0.2, -0.15) is 5.10 Å². The molecule has 1 aromatic carbocycles. The monoisotopic (exact) mass is 313 g/mol. The molecule has 2 N–H and O–H groups in total. The first-order valence-electron chi connectivity index (χ1n) is 8.04. The Morgan fingerprint density at radius 1 is 1.39 bits per heavy atom. The zero-order valence-electron chi connectivity index (χ0n) is 13.8. The van der Waals surface area contributed by atoms with Crippen molar-refractivity contribution in [2.45, 2.75) is 38.6 Å². The summed E-state index contributed by atoms with van der Waals surface area (Å²) in [4.78, 5) is 10.9. The predicted molar refractivity (Wildman–Crippen MR) is 89.5 cm³/mol. The van der Waals surface area contributed by atoms with Gasteiger partial charge in [-0.05, 0) is 41.5 Å². The maximum absolute atomic E-state index is 10.9. The Labute approximate surface area is 136 Å². The van der Waals surface area contributed by atoms with Gasteiger partial charge in [-0.1, -0.05) is 26.0 Å². The predicted octanol–water partition coefficient (Wildman–Crippen LogP) is 3.34. The van der Waals surface area contributed by atoms with Gasteiger partial charge < -0.3 is 10.4 Å². The summed E-state index contributed by atoms with van der Waals surface area (Å²) in [5, 5.41) is 16.8. The molecule has 1 aromatic heterocycles. The number of hydrogen-bond acceptors (Lipinski definition) is 3. The van der Waals surface area contributed by atoms with Crippen molar-refractivity contribution in [2.24, 2.45) is 13.0 Å². The van der Waals surface area contributed by atoms with E-state index in [1.54, 1.807) is 0 Å². The summed E-state index contributed by atoms with van der Waals surface area (Å²) < 4.78 is 1.92. The Kier molecular flexibility index (Phi) is 4.11. The first kappa shape index (κ1) is 15.6. The van der Waals surface area contributed by atoms with Gasteiger partial charge >= 0.3 is 5.97 Å². The van der Waals surface area contributed by atoms with Crippen molar-refractivity contribution in [3.8, 4) is 0 Å². The van der Waals surface area contributed by atoms with Crippen LogP contribution >= 0.6 is 0 Å². The van der Waals surface area contributed by atoms with E-state index in [-0.39, 0.29) is 11.8 Å². The van der Waals surface area contributed by atoms with Crippen LogP contribution in [0.2, 0.25) is 0 Å². The largest absolute Gasteiger partial charge is 0.481 e. The number of hydrogen-bond donors (Lipinski definition) is 2. The molecule has 1 saturated carbocycles. The molecule has 1 aliphatic rings. The number of benzene rings is 1. The number of carboxylic acids is 1. The molecule has 0 amide bonds. The highest BCUT2D eigenvalue weighted by atomic mass is 16.4. The summed E-state index contributed by atoms with van der Waals surface area (Å²) in [5.41, 5.74) is 4.61. The Hall–Kier alpha value is -2.30. The van der Waals surface area contributed by atoms with Crippen LogP contribution in [0, 0.1) is 5.92 Å². The van der Waals surface area contributed by atoms with Crippen LogP contribution < -0.4 is 5.32 Å². The van der Waals surface area contributed by atoms with Crippen molar-refractivity contribution >= 4 is 11.7 Å². The molecule has 0 saturated heterocycles. The van der Waals surface area contributed by atoms with E-state index < -0.39 is 5.97 Å². The van der Waals surface area contributed by atoms with E-state index in [2.05, 4.69) is 24.3 Å². The number of carbonyl (C=O) groups is 1. The van der Waals surface area contributed by atoms with Crippen molar-refractivity contribution in [2.75, 3.05) is 5.32 Å². The van der Waals surface area contributed by atoms with Crippen molar-refractivity contribution in [3.05, 3.63) is 47.3 Å². The molecular weight excluding hydrogens is 290 g/mol. The minimum atomic E-state index is -0.686. The molecule has 0 bridgehead atoms. The van der Waals surface area contributed by atoms with Crippen molar-refractivity contribution in [3.63, 3.8) is 0 Å². The molecule has 122 valence electrons. The first-order chi connectivity index (χ1) is 11.0. The van der Waals surface area contributed by atoms with Crippen molar-refractivity contribution in [1.82, 2.24) is 9.78 Å². The molecule has 0 spiro atoms. The third-order valence-electron chi connectivity index (χ3n) is 4.62. The zero-order valence-corrected chi connectivity index (χ0v) is 13.8. The lowest BCUT2D eigenvalue weighted by molar-refractivity contribution is -0.138. The fraction of sp³-hybridized carbons (Fsp3) is 0.444. The van der Waals surface area contributed by atoms with Gasteiger partial charge in [0.2, 0.25) is 0 Å². The molecule has 0 unspecified atom stereocenters. The number of aromatic nitrogens is 2. The Morgan fingerprint density at radius 2 is 2.09 bits per heavy atom. The molecule has 0 radical (unpaired) electrons. The number of carboxylic acid groups (broad SMARTS) is 1. The molecule has 1 aliphatic carbocycles. The van der Waals surface area contributed by atoms with Crippen molar-refractivity contribution < 1.29 is 9.90 Å². The Balaban J connectivity index is 1.64. The quantitative estimate of drug-likeness (QED) is 0.858. The van der Waals surface area contributed by atoms with E-state index in [1.165, 1.54) is 11.3 Å². The lowest BCUT2D eigenvalue weighted by Gasteiger charge is -2.11. The number of rotatable bonds is 6. The van der Waals surface area contributed by atoms with Crippen LogP contribution in [0.15, 0.2) is 30.5 Å². The van der Waals surface area contributed by atoms with Gasteiger partial charge in [-0.3, -0.25) is 9.48 Å². The molecule has 0 aliphatic heterocycles. The van der Waals surface area contributed by atoms with Crippen LogP contribution in [0.1, 0.15) is 48.9 Å². The highest BCUT2D eigenvalue weighted by Gasteiger charge is 2.43. The molecule has 1 heterocycles. The minimum absolute atomic E-state index is 0.186. The van der Waals surface area contributed by atoms with Crippen LogP contribution in [0.25, 0.3) is 0 Å². The number of nitrogens with zero attached hydrogens (tertiary/aromatic N) is 2. The van der Waals surface area contributed by atoms with Crippen LogP contribution in [0.4, 0.5) is 5.69 Å². The number of nitrogens with one attached hydrogen (secondary N) is 1. The van der Waals surface area contributed by atoms with Crippen LogP contribution in [0.3, 0.4) is 0 Å². The summed E-state index contributed by atoms with van der Waals surface area (Å²) in [7, 11) is 1.96. The number of aliphatic carboxylic acids is 1. The van der Waals surface area contributed by atoms with Crippen LogP contribution in [-0.2, 0) is 18.4 Å². The average molecular weight is 313 g/mol. The second-order valence-electron chi connectivity index (χ2n) is 6.59. The van der Waals surface area contributed by atoms with Gasteiger partial charge in [0.05, 0.1) is 24.4 Å². The van der Waals surface area contributed by atoms with E-state index in [9.17, 15) is 4.79 Å². The van der Waals surface area contributed by atoms with Crippen molar-refractivity contribution in [1.29, 1.82) is 0 Å². The summed E-state index contributed by atoms with van der Waals surface area (Å²) >= 11 is 0. The van der Waals surface area contributed by atoms with Gasteiger partial charge in [-0.25, -0.2) is 0 Å². The standard InChI is InChI=1S/C18H23N3O2/c1-11(2)16-9-20-21(3)17(16)10-19-13-6-4-12(5-7-13)14-8-15(14)18(22)23/h4-7,9,11,14-15,19H,8,10H2,1-3H3,(H,22,23)/t14-,15+/m0/s1. The third kappa shape index (κ3) is 3.23. The van der Waals surface area contributed by atoms with Gasteiger partial charge in [0, 0.05) is 12.7 Å². The van der Waals surface area contributed by atoms with Gasteiger partial charge in [-0.15, -0.1) is 0 Å². The summed E-state index contributed by atoms with van der Waals surface area (Å²) in [6, 6.07) is 8.11. The summed E-state index contributed by atoms with van der Waals surface area (Å²) in [5.74, 6) is -0.247. The first-order valence-corrected chi connectivity index (χ1v) is 8.04. The fourth-order valence-corrected chi connectivity index (χ4v) is 3.05. The Bertz CT molecular complexity index is 704. The summed E-state index contributed by atoms with van der Waals surface area (Å²) in [6.07, 6.45) is 2.69. The van der Waals surface area contributed by atoms with E-state index in [0.717, 1.165) is 24.2 Å². The molecule has 1 fully saturated rings. The second-order valence-corrected chi connectivity index (χ2v) is 6.59. The van der Waals surface area contributed by atoms with Gasteiger partial charge in [0.25, 0.3) is 0 Å². The van der Waals surface area contributed by atoms with Crippen LogP contribution in [0.5, 0.6) is 0 Å². The smallest absolute Gasteiger partial charge is 0.307 e.